The van der Waals surface area contributed by atoms with E-state index in [9.17, 15) is 4.79 Å². The van der Waals surface area contributed by atoms with E-state index in [4.69, 9.17) is 11.6 Å². The number of fused-ring (bicyclic) bond motifs is 1. The smallest absolute Gasteiger partial charge is 0.230 e. The van der Waals surface area contributed by atoms with Gasteiger partial charge in [-0.1, -0.05) is 31.5 Å². The zero-order valence-electron chi connectivity index (χ0n) is 13.4. The number of anilines is 1. The molecule has 1 N–H and O–H groups in total. The third kappa shape index (κ3) is 2.99. The minimum absolute atomic E-state index is 0. The fraction of sp³-hybridized carbons (Fsp3) is 0.588. The molecule has 3 nitrogen and oxygen atoms in total. The Morgan fingerprint density at radius 1 is 1.41 bits per heavy atom. The quantitative estimate of drug-likeness (QED) is 0.842. The topological polar surface area (TPSA) is 32.3 Å². The second-order valence-electron chi connectivity index (χ2n) is 7.02. The fourth-order valence-corrected chi connectivity index (χ4v) is 4.17. The summed E-state index contributed by atoms with van der Waals surface area (Å²) in [6, 6.07) is 6.30. The molecule has 1 fully saturated rings. The Morgan fingerprint density at radius 2 is 2.14 bits per heavy atom. The molecule has 1 aromatic rings. The monoisotopic (exact) mass is 342 g/mol. The molecule has 2 aliphatic heterocycles. The number of amides is 1. The third-order valence-electron chi connectivity index (χ3n) is 4.75. The van der Waals surface area contributed by atoms with E-state index in [1.165, 1.54) is 0 Å². The van der Waals surface area contributed by atoms with E-state index in [1.54, 1.807) is 0 Å². The molecule has 0 spiro atoms. The molecule has 0 aromatic heterocycles. The van der Waals surface area contributed by atoms with Crippen LogP contribution >= 0.6 is 24.0 Å². The highest BCUT2D eigenvalue weighted by atomic mass is 35.5. The summed E-state index contributed by atoms with van der Waals surface area (Å²) in [5.41, 5.74) is 2.03. The predicted octanol–water partition coefficient (Wildman–Crippen LogP) is 3.77. The highest BCUT2D eigenvalue weighted by molar-refractivity contribution is 6.32. The van der Waals surface area contributed by atoms with Crippen molar-refractivity contribution in [2.75, 3.05) is 18.0 Å². The maximum Gasteiger partial charge on any atom is 0.230 e. The number of hydrogen-bond donors (Lipinski definition) is 1. The highest BCUT2D eigenvalue weighted by Gasteiger charge is 2.41. The largest absolute Gasteiger partial charge is 0.314 e. The minimum atomic E-state index is -0.0815. The molecule has 0 unspecified atom stereocenters. The number of rotatable bonds is 1. The second-order valence-corrected chi connectivity index (χ2v) is 7.43. The number of benzene rings is 1. The van der Waals surface area contributed by atoms with Gasteiger partial charge in [-0.15, -0.1) is 12.4 Å². The number of carbonyl (C=O) groups excluding carboxylic acids is 1. The van der Waals surface area contributed by atoms with Crippen molar-refractivity contribution in [2.45, 2.75) is 45.1 Å². The van der Waals surface area contributed by atoms with E-state index >= 15 is 0 Å². The molecule has 2 aliphatic rings. The summed E-state index contributed by atoms with van der Waals surface area (Å²) in [6.07, 6.45) is 1.85. The average Bonchev–Trinajstić information content (AvgIpc) is 2.71. The van der Waals surface area contributed by atoms with Gasteiger partial charge in [0, 0.05) is 40.2 Å². The molecule has 1 aromatic carbocycles. The van der Waals surface area contributed by atoms with Crippen LogP contribution in [0.1, 0.15) is 39.2 Å². The average molecular weight is 343 g/mol. The molecule has 1 amide bonds. The molecule has 0 bridgehead atoms. The summed E-state index contributed by atoms with van der Waals surface area (Å²) in [7, 11) is 0. The lowest BCUT2D eigenvalue weighted by atomic mass is 9.87. The molecule has 1 saturated heterocycles. The van der Waals surface area contributed by atoms with Crippen LogP contribution in [0.5, 0.6) is 0 Å². The Balaban J connectivity index is 0.00000176. The molecule has 2 atom stereocenters. The van der Waals surface area contributed by atoms with Gasteiger partial charge in [-0.3, -0.25) is 4.79 Å². The maximum atomic E-state index is 13.0. The summed E-state index contributed by atoms with van der Waals surface area (Å²) in [4.78, 5) is 14.9. The van der Waals surface area contributed by atoms with Crippen LogP contribution in [0.3, 0.4) is 0 Å². The fourth-order valence-electron chi connectivity index (χ4n) is 3.74. The predicted molar refractivity (Wildman–Crippen MR) is 94.3 cm³/mol. The van der Waals surface area contributed by atoms with Gasteiger partial charge in [-0.25, -0.2) is 0 Å². The van der Waals surface area contributed by atoms with Gasteiger partial charge >= 0.3 is 0 Å². The molecular weight excluding hydrogens is 319 g/mol. The van der Waals surface area contributed by atoms with E-state index < -0.39 is 0 Å². The van der Waals surface area contributed by atoms with Crippen molar-refractivity contribution in [1.29, 1.82) is 0 Å². The first-order chi connectivity index (χ1) is 9.90. The zero-order chi connectivity index (χ0) is 15.2. The van der Waals surface area contributed by atoms with Crippen molar-refractivity contribution in [3.05, 3.63) is 28.8 Å². The van der Waals surface area contributed by atoms with Crippen LogP contribution < -0.4 is 10.2 Å². The zero-order valence-corrected chi connectivity index (χ0v) is 14.9. The Bertz CT molecular complexity index is 574. The van der Waals surface area contributed by atoms with Gasteiger partial charge in [0.05, 0.1) is 0 Å². The molecule has 0 saturated carbocycles. The SMILES string of the molecule is C[C@H]1C[C@@H](C(=O)N2CC(C)(C)c3c(Cl)cccc32)CCN1.Cl. The van der Waals surface area contributed by atoms with Crippen molar-refractivity contribution in [3.8, 4) is 0 Å². The van der Waals surface area contributed by atoms with Crippen molar-refractivity contribution < 1.29 is 4.79 Å². The Morgan fingerprint density at radius 3 is 2.82 bits per heavy atom. The Labute approximate surface area is 143 Å². The first-order valence-electron chi connectivity index (χ1n) is 7.74. The summed E-state index contributed by atoms with van der Waals surface area (Å²) in [5.74, 6) is 0.388. The number of halogens is 2. The Kier molecular flexibility index (Phi) is 5.10. The van der Waals surface area contributed by atoms with Gasteiger partial charge in [0.2, 0.25) is 5.91 Å². The summed E-state index contributed by atoms with van der Waals surface area (Å²) >= 11 is 6.39. The van der Waals surface area contributed by atoms with Gasteiger partial charge in [0.15, 0.2) is 0 Å². The van der Waals surface area contributed by atoms with Gasteiger partial charge in [-0.2, -0.15) is 0 Å². The normalized spacial score (nSPS) is 26.3. The lowest BCUT2D eigenvalue weighted by Crippen LogP contribution is -2.44. The molecule has 0 aliphatic carbocycles. The Hall–Kier alpha value is -0.770. The van der Waals surface area contributed by atoms with Gasteiger partial charge in [0.25, 0.3) is 0 Å². The van der Waals surface area contributed by atoms with Gasteiger partial charge in [-0.05, 0) is 38.4 Å². The molecule has 0 radical (unpaired) electrons. The lowest BCUT2D eigenvalue weighted by molar-refractivity contribution is -0.123. The number of piperidine rings is 1. The molecule has 2 heterocycles. The number of nitrogens with one attached hydrogen (secondary N) is 1. The van der Waals surface area contributed by atoms with Crippen molar-refractivity contribution in [1.82, 2.24) is 5.32 Å². The van der Waals surface area contributed by atoms with Crippen LogP contribution in [0.15, 0.2) is 18.2 Å². The standard InChI is InChI=1S/C17H23ClN2O.ClH/c1-11-9-12(7-8-19-11)16(21)20-10-17(2,3)15-13(18)5-4-6-14(15)20;/h4-6,11-12,19H,7-10H2,1-3H3;1H/t11-,12-;/m0./s1. The highest BCUT2D eigenvalue weighted by Crippen LogP contribution is 2.45. The number of carbonyl (C=O) groups is 1. The second kappa shape index (κ2) is 6.38. The maximum absolute atomic E-state index is 13.0. The summed E-state index contributed by atoms with van der Waals surface area (Å²) in [6.45, 7) is 8.13. The van der Waals surface area contributed by atoms with Crippen molar-refractivity contribution in [2.24, 2.45) is 5.92 Å². The van der Waals surface area contributed by atoms with Crippen LogP contribution in [0.2, 0.25) is 5.02 Å². The van der Waals surface area contributed by atoms with Crippen LogP contribution in [-0.4, -0.2) is 25.0 Å². The lowest BCUT2D eigenvalue weighted by Gasteiger charge is -2.31. The number of nitrogens with zero attached hydrogens (tertiary/aromatic N) is 1. The van der Waals surface area contributed by atoms with E-state index in [2.05, 4.69) is 26.1 Å². The van der Waals surface area contributed by atoms with Crippen LogP contribution in [0, 0.1) is 5.92 Å². The van der Waals surface area contributed by atoms with E-state index in [0.29, 0.717) is 6.04 Å². The summed E-state index contributed by atoms with van der Waals surface area (Å²) < 4.78 is 0. The molecule has 122 valence electrons. The summed E-state index contributed by atoms with van der Waals surface area (Å²) in [5, 5.41) is 4.18. The van der Waals surface area contributed by atoms with Gasteiger partial charge < -0.3 is 10.2 Å². The van der Waals surface area contributed by atoms with E-state index in [-0.39, 0.29) is 29.6 Å². The first kappa shape index (κ1) is 17.6. The first-order valence-corrected chi connectivity index (χ1v) is 8.12. The third-order valence-corrected chi connectivity index (χ3v) is 5.07. The van der Waals surface area contributed by atoms with E-state index in [1.807, 2.05) is 23.1 Å². The number of hydrogen-bond acceptors (Lipinski definition) is 2. The molecule has 5 heteroatoms. The minimum Gasteiger partial charge on any atom is -0.314 e. The molecule has 3 rings (SSSR count). The van der Waals surface area contributed by atoms with Crippen LogP contribution in [0.25, 0.3) is 0 Å². The van der Waals surface area contributed by atoms with E-state index in [0.717, 1.165) is 42.2 Å². The van der Waals surface area contributed by atoms with Gasteiger partial charge in [0.1, 0.15) is 0 Å². The van der Waals surface area contributed by atoms with Crippen molar-refractivity contribution in [3.63, 3.8) is 0 Å². The van der Waals surface area contributed by atoms with Crippen LogP contribution in [-0.2, 0) is 10.2 Å². The molecular formula is C17H24Cl2N2O. The molecule has 22 heavy (non-hydrogen) atoms. The van der Waals surface area contributed by atoms with Crippen LogP contribution in [0.4, 0.5) is 5.69 Å². The van der Waals surface area contributed by atoms with Crippen molar-refractivity contribution >= 4 is 35.6 Å².